The lowest BCUT2D eigenvalue weighted by atomic mass is 10.1. The van der Waals surface area contributed by atoms with Crippen LogP contribution >= 0.6 is 0 Å². The third kappa shape index (κ3) is 6.02. The molecule has 202 valence electrons. The van der Waals surface area contributed by atoms with Crippen LogP contribution < -0.4 is 20.5 Å². The third-order valence-electron chi connectivity index (χ3n) is 6.80. The van der Waals surface area contributed by atoms with E-state index in [1.54, 1.807) is 30.5 Å². The Bertz CT molecular complexity index is 1620. The van der Waals surface area contributed by atoms with Crippen molar-refractivity contribution in [2.75, 3.05) is 23.3 Å². The molecule has 1 N–H and O–H groups in total. The third-order valence-corrected chi connectivity index (χ3v) is 6.80. The van der Waals surface area contributed by atoms with Crippen molar-refractivity contribution in [1.29, 1.82) is 5.26 Å². The Morgan fingerprint density at radius 2 is 1.77 bits per heavy atom. The molecule has 7 nitrogen and oxygen atoms in total. The topological polar surface area (TPSA) is 87.4 Å². The first-order chi connectivity index (χ1) is 19.4. The molecule has 1 amide bonds. The molecule has 1 aromatic heterocycles. The second-order valence-electron chi connectivity index (χ2n) is 9.52. The van der Waals surface area contributed by atoms with Gasteiger partial charge < -0.3 is 19.5 Å². The van der Waals surface area contributed by atoms with Gasteiger partial charge in [-0.25, -0.2) is 8.78 Å². The predicted molar refractivity (Wildman–Crippen MR) is 148 cm³/mol. The maximum absolute atomic E-state index is 14.0. The minimum Gasteiger partial charge on any atom is -0.487 e. The molecule has 1 aliphatic heterocycles. The summed E-state index contributed by atoms with van der Waals surface area (Å²) in [5.41, 5.74) is 1.96. The fourth-order valence-electron chi connectivity index (χ4n) is 4.75. The minimum atomic E-state index is -0.747. The van der Waals surface area contributed by atoms with Crippen LogP contribution in [0.5, 0.6) is 5.75 Å². The van der Waals surface area contributed by atoms with E-state index >= 15 is 0 Å². The number of amides is 1. The minimum absolute atomic E-state index is 0.00644. The fourth-order valence-corrected chi connectivity index (χ4v) is 4.75. The Morgan fingerprint density at radius 3 is 2.50 bits per heavy atom. The molecule has 3 aromatic carbocycles. The van der Waals surface area contributed by atoms with E-state index in [1.165, 1.54) is 16.7 Å². The number of hydrogen-bond donors (Lipinski definition) is 1. The number of nitriles is 1. The number of pyridine rings is 1. The first-order valence-corrected chi connectivity index (χ1v) is 12.9. The van der Waals surface area contributed by atoms with Crippen molar-refractivity contribution in [2.45, 2.75) is 25.5 Å². The average Bonchev–Trinajstić information content (AvgIpc) is 2.96. The number of anilines is 2. The zero-order valence-electron chi connectivity index (χ0n) is 21.5. The molecular formula is C31H26F2N4O3. The Hall–Kier alpha value is -4.97. The van der Waals surface area contributed by atoms with Crippen LogP contribution in [0.2, 0.25) is 0 Å². The first kappa shape index (κ1) is 26.6. The molecule has 0 unspecified atom stereocenters. The van der Waals surface area contributed by atoms with Gasteiger partial charge in [0.05, 0.1) is 29.6 Å². The van der Waals surface area contributed by atoms with Gasteiger partial charge in [0, 0.05) is 38.2 Å². The molecule has 0 saturated carbocycles. The lowest BCUT2D eigenvalue weighted by Gasteiger charge is -2.34. The number of aromatic nitrogens is 1. The van der Waals surface area contributed by atoms with Gasteiger partial charge in [-0.3, -0.25) is 9.59 Å². The highest BCUT2D eigenvalue weighted by atomic mass is 19.1. The van der Waals surface area contributed by atoms with E-state index < -0.39 is 23.1 Å². The van der Waals surface area contributed by atoms with Crippen molar-refractivity contribution in [3.8, 4) is 11.8 Å². The number of nitrogens with one attached hydrogen (secondary N) is 1. The van der Waals surface area contributed by atoms with Crippen LogP contribution in [0.4, 0.5) is 20.2 Å². The molecule has 4 aromatic rings. The molecule has 0 spiro atoms. The summed E-state index contributed by atoms with van der Waals surface area (Å²) < 4.78 is 34.5. The number of nitrogens with zero attached hydrogens (tertiary/aromatic N) is 3. The maximum atomic E-state index is 14.0. The van der Waals surface area contributed by atoms with Gasteiger partial charge in [0.2, 0.25) is 0 Å². The summed E-state index contributed by atoms with van der Waals surface area (Å²) in [5, 5.41) is 12.3. The van der Waals surface area contributed by atoms with Crippen LogP contribution in [0.25, 0.3) is 0 Å². The number of rotatable bonds is 7. The largest absolute Gasteiger partial charge is 0.487 e. The Balaban J connectivity index is 1.32. The Labute approximate surface area is 229 Å². The SMILES string of the molecule is N#Cc1ccc(N2CCC(Oc3ccc(F)cc3F)CC2)c(NC(=O)c2cccn(Cc3ccccc3)c2=O)c1. The van der Waals surface area contributed by atoms with E-state index in [9.17, 15) is 23.6 Å². The Morgan fingerprint density at radius 1 is 1.00 bits per heavy atom. The summed E-state index contributed by atoms with van der Waals surface area (Å²) in [7, 11) is 0. The highest BCUT2D eigenvalue weighted by Crippen LogP contribution is 2.31. The van der Waals surface area contributed by atoms with Crippen molar-refractivity contribution in [3.05, 3.63) is 124 Å². The molecule has 0 radical (unpaired) electrons. The van der Waals surface area contributed by atoms with Crippen LogP contribution in [0.3, 0.4) is 0 Å². The summed E-state index contributed by atoms with van der Waals surface area (Å²) in [4.78, 5) is 28.4. The van der Waals surface area contributed by atoms with Crippen molar-refractivity contribution in [1.82, 2.24) is 4.57 Å². The number of halogens is 2. The quantitative estimate of drug-likeness (QED) is 0.342. The summed E-state index contributed by atoms with van der Waals surface area (Å²) >= 11 is 0. The van der Waals surface area contributed by atoms with Crippen LogP contribution in [0.1, 0.15) is 34.3 Å². The standard InChI is InChI=1S/C31H26F2N4O3/c32-23-9-11-29(26(33)18-23)40-24-12-15-36(16-13-24)28-10-8-22(19-34)17-27(28)35-30(38)25-7-4-14-37(31(25)39)20-21-5-2-1-3-6-21/h1-11,14,17-18,24H,12-13,15-16,20H2,(H,35,38). The molecule has 0 bridgehead atoms. The molecule has 1 fully saturated rings. The van der Waals surface area contributed by atoms with Crippen LogP contribution in [-0.4, -0.2) is 29.7 Å². The first-order valence-electron chi connectivity index (χ1n) is 12.9. The number of ether oxygens (including phenoxy) is 1. The van der Waals surface area contributed by atoms with E-state index in [1.807, 2.05) is 35.2 Å². The van der Waals surface area contributed by atoms with Gasteiger partial charge >= 0.3 is 0 Å². The van der Waals surface area contributed by atoms with Gasteiger partial charge in [0.15, 0.2) is 11.6 Å². The monoisotopic (exact) mass is 540 g/mol. The van der Waals surface area contributed by atoms with E-state index in [-0.39, 0.29) is 17.4 Å². The number of carbonyl (C=O) groups is 1. The van der Waals surface area contributed by atoms with E-state index in [0.717, 1.165) is 17.7 Å². The van der Waals surface area contributed by atoms with E-state index in [0.29, 0.717) is 49.4 Å². The molecule has 1 saturated heterocycles. The molecule has 9 heteroatoms. The summed E-state index contributed by atoms with van der Waals surface area (Å²) in [6, 6.07) is 22.9. The number of piperidine rings is 1. The van der Waals surface area contributed by atoms with Crippen molar-refractivity contribution < 1.29 is 18.3 Å². The molecule has 2 heterocycles. The van der Waals surface area contributed by atoms with Crippen LogP contribution in [-0.2, 0) is 6.54 Å². The smallest absolute Gasteiger partial charge is 0.263 e. The Kier molecular flexibility index (Phi) is 7.87. The van der Waals surface area contributed by atoms with Crippen molar-refractivity contribution in [2.24, 2.45) is 0 Å². The van der Waals surface area contributed by atoms with E-state index in [2.05, 4.69) is 11.4 Å². The molecule has 1 aliphatic rings. The molecular weight excluding hydrogens is 514 g/mol. The van der Waals surface area contributed by atoms with Gasteiger partial charge in [-0.15, -0.1) is 0 Å². The molecule has 0 atom stereocenters. The van der Waals surface area contributed by atoms with Gasteiger partial charge in [-0.2, -0.15) is 5.26 Å². The van der Waals surface area contributed by atoms with Gasteiger partial charge in [-0.1, -0.05) is 30.3 Å². The molecule has 40 heavy (non-hydrogen) atoms. The van der Waals surface area contributed by atoms with Gasteiger partial charge in [0.25, 0.3) is 11.5 Å². The zero-order chi connectivity index (χ0) is 28.1. The second kappa shape index (κ2) is 11.8. The van der Waals surface area contributed by atoms with E-state index in [4.69, 9.17) is 4.74 Å². The highest BCUT2D eigenvalue weighted by Gasteiger charge is 2.24. The summed E-state index contributed by atoms with van der Waals surface area (Å²) in [5.74, 6) is -1.98. The highest BCUT2D eigenvalue weighted by molar-refractivity contribution is 6.05. The summed E-state index contributed by atoms with van der Waals surface area (Å²) in [6.45, 7) is 1.41. The number of benzene rings is 3. The van der Waals surface area contributed by atoms with Gasteiger partial charge in [-0.05, 0) is 48.0 Å². The average molecular weight is 541 g/mol. The number of hydrogen-bond acceptors (Lipinski definition) is 5. The second-order valence-corrected chi connectivity index (χ2v) is 9.52. The van der Waals surface area contributed by atoms with Crippen molar-refractivity contribution in [3.63, 3.8) is 0 Å². The lowest BCUT2D eigenvalue weighted by molar-refractivity contribution is 0.102. The molecule has 0 aliphatic carbocycles. The zero-order valence-corrected chi connectivity index (χ0v) is 21.5. The summed E-state index contributed by atoms with van der Waals surface area (Å²) in [6.07, 6.45) is 2.50. The van der Waals surface area contributed by atoms with Gasteiger partial charge in [0.1, 0.15) is 17.5 Å². The van der Waals surface area contributed by atoms with Crippen LogP contribution in [0, 0.1) is 23.0 Å². The fraction of sp³-hybridized carbons (Fsp3) is 0.194. The number of carbonyl (C=O) groups excluding carboxylic acids is 1. The van der Waals surface area contributed by atoms with Crippen LogP contribution in [0.15, 0.2) is 89.9 Å². The maximum Gasteiger partial charge on any atom is 0.263 e. The molecule has 5 rings (SSSR count). The normalized spacial score (nSPS) is 13.5. The predicted octanol–water partition coefficient (Wildman–Crippen LogP) is 5.35. The van der Waals surface area contributed by atoms with Crippen molar-refractivity contribution >= 4 is 17.3 Å². The lowest BCUT2D eigenvalue weighted by Crippen LogP contribution is -2.39.